The number of esters is 1. The van der Waals surface area contributed by atoms with E-state index in [4.69, 9.17) is 16.3 Å². The standard InChI is InChI=1S/C20H22ClN3O3/c1-14-17(21)7-4-8-18(14)22-20(26)24-11-9-23(10-12-24)16-6-3-5-15(13-16)19(25)27-2/h3-8,13H,9-12H2,1-2H3,(H,22,26). The number of halogens is 1. The maximum Gasteiger partial charge on any atom is 0.337 e. The number of urea groups is 1. The summed E-state index contributed by atoms with van der Waals surface area (Å²) in [6, 6.07) is 12.7. The average molecular weight is 388 g/mol. The van der Waals surface area contributed by atoms with Crippen molar-refractivity contribution in [2.45, 2.75) is 6.92 Å². The highest BCUT2D eigenvalue weighted by Gasteiger charge is 2.22. The SMILES string of the molecule is COC(=O)c1cccc(N2CCN(C(=O)Nc3cccc(Cl)c3C)CC2)c1. The lowest BCUT2D eigenvalue weighted by molar-refractivity contribution is 0.0600. The highest BCUT2D eigenvalue weighted by atomic mass is 35.5. The number of rotatable bonds is 3. The predicted molar refractivity (Wildman–Crippen MR) is 107 cm³/mol. The fourth-order valence-electron chi connectivity index (χ4n) is 3.05. The van der Waals surface area contributed by atoms with Crippen LogP contribution in [0.15, 0.2) is 42.5 Å². The normalized spacial score (nSPS) is 14.0. The second-order valence-corrected chi connectivity index (χ2v) is 6.77. The molecule has 3 rings (SSSR count). The number of hydrogen-bond acceptors (Lipinski definition) is 4. The molecule has 2 aromatic carbocycles. The molecule has 0 unspecified atom stereocenters. The van der Waals surface area contributed by atoms with Crippen LogP contribution >= 0.6 is 11.6 Å². The molecule has 0 saturated carbocycles. The number of nitrogens with one attached hydrogen (secondary N) is 1. The van der Waals surface area contributed by atoms with Crippen molar-refractivity contribution in [3.8, 4) is 0 Å². The van der Waals surface area contributed by atoms with Gasteiger partial charge in [-0.2, -0.15) is 0 Å². The second kappa shape index (κ2) is 8.31. The Morgan fingerprint density at radius 1 is 1.07 bits per heavy atom. The van der Waals surface area contributed by atoms with E-state index in [9.17, 15) is 9.59 Å². The van der Waals surface area contributed by atoms with Gasteiger partial charge in [-0.05, 0) is 42.8 Å². The summed E-state index contributed by atoms with van der Waals surface area (Å²) in [6.07, 6.45) is 0. The molecule has 1 aliphatic rings. The lowest BCUT2D eigenvalue weighted by Gasteiger charge is -2.36. The number of ether oxygens (including phenoxy) is 1. The number of carbonyl (C=O) groups is 2. The van der Waals surface area contributed by atoms with Crippen LogP contribution in [0.3, 0.4) is 0 Å². The van der Waals surface area contributed by atoms with Crippen LogP contribution < -0.4 is 10.2 Å². The third kappa shape index (κ3) is 4.34. The molecule has 0 spiro atoms. The van der Waals surface area contributed by atoms with Gasteiger partial charge < -0.3 is 19.9 Å². The molecule has 1 heterocycles. The summed E-state index contributed by atoms with van der Waals surface area (Å²) in [5.41, 5.74) is 3.04. The molecule has 6 nitrogen and oxygen atoms in total. The van der Waals surface area contributed by atoms with Gasteiger partial charge in [-0.25, -0.2) is 9.59 Å². The van der Waals surface area contributed by atoms with E-state index in [1.807, 2.05) is 37.3 Å². The van der Waals surface area contributed by atoms with Crippen molar-refractivity contribution in [1.82, 2.24) is 4.90 Å². The van der Waals surface area contributed by atoms with Crippen LogP contribution in [0, 0.1) is 6.92 Å². The van der Waals surface area contributed by atoms with Gasteiger partial charge in [0.2, 0.25) is 0 Å². The zero-order valence-corrected chi connectivity index (χ0v) is 16.1. The summed E-state index contributed by atoms with van der Waals surface area (Å²) in [5.74, 6) is -0.355. The van der Waals surface area contributed by atoms with E-state index in [1.54, 1.807) is 17.0 Å². The van der Waals surface area contributed by atoms with Crippen molar-refractivity contribution < 1.29 is 14.3 Å². The molecule has 1 aliphatic heterocycles. The molecule has 0 radical (unpaired) electrons. The molecular formula is C20H22ClN3O3. The molecule has 142 valence electrons. The van der Waals surface area contributed by atoms with Crippen molar-refractivity contribution in [2.24, 2.45) is 0 Å². The Morgan fingerprint density at radius 3 is 2.48 bits per heavy atom. The minimum Gasteiger partial charge on any atom is -0.465 e. The van der Waals surface area contributed by atoms with Crippen LogP contribution in [-0.2, 0) is 4.74 Å². The number of carbonyl (C=O) groups excluding carboxylic acids is 2. The molecule has 27 heavy (non-hydrogen) atoms. The Hall–Kier alpha value is -2.73. The van der Waals surface area contributed by atoms with Gasteiger partial charge in [0.1, 0.15) is 0 Å². The molecule has 0 aliphatic carbocycles. The van der Waals surface area contributed by atoms with Crippen LogP contribution in [-0.4, -0.2) is 50.2 Å². The van der Waals surface area contributed by atoms with E-state index < -0.39 is 0 Å². The average Bonchev–Trinajstić information content (AvgIpc) is 2.71. The second-order valence-electron chi connectivity index (χ2n) is 6.36. The molecule has 1 saturated heterocycles. The van der Waals surface area contributed by atoms with Crippen molar-refractivity contribution in [1.29, 1.82) is 0 Å². The van der Waals surface area contributed by atoms with Crippen LogP contribution in [0.1, 0.15) is 15.9 Å². The molecular weight excluding hydrogens is 366 g/mol. The van der Waals surface area contributed by atoms with Gasteiger partial charge in [-0.3, -0.25) is 0 Å². The molecule has 2 aromatic rings. The van der Waals surface area contributed by atoms with Gasteiger partial charge in [-0.15, -0.1) is 0 Å². The third-order valence-electron chi connectivity index (χ3n) is 4.71. The van der Waals surface area contributed by atoms with Crippen LogP contribution in [0.25, 0.3) is 0 Å². The van der Waals surface area contributed by atoms with E-state index in [0.29, 0.717) is 36.8 Å². The number of piperazine rings is 1. The van der Waals surface area contributed by atoms with Gasteiger partial charge in [0.25, 0.3) is 0 Å². The first-order valence-electron chi connectivity index (χ1n) is 8.74. The van der Waals surface area contributed by atoms with Crippen molar-refractivity contribution in [3.63, 3.8) is 0 Å². The summed E-state index contributed by atoms with van der Waals surface area (Å²) >= 11 is 6.11. The zero-order chi connectivity index (χ0) is 19.4. The first kappa shape index (κ1) is 19.0. The first-order chi connectivity index (χ1) is 13.0. The maximum atomic E-state index is 12.5. The summed E-state index contributed by atoms with van der Waals surface area (Å²) in [6.45, 7) is 4.44. The maximum absolute atomic E-state index is 12.5. The number of anilines is 2. The molecule has 0 aromatic heterocycles. The fourth-order valence-corrected chi connectivity index (χ4v) is 3.23. The smallest absolute Gasteiger partial charge is 0.337 e. The molecule has 2 amide bonds. The van der Waals surface area contributed by atoms with E-state index in [0.717, 1.165) is 16.9 Å². The van der Waals surface area contributed by atoms with E-state index in [1.165, 1.54) is 7.11 Å². The molecule has 7 heteroatoms. The van der Waals surface area contributed by atoms with Crippen molar-refractivity contribution in [3.05, 3.63) is 58.6 Å². The van der Waals surface area contributed by atoms with Crippen LogP contribution in [0.2, 0.25) is 5.02 Å². The predicted octanol–water partition coefficient (Wildman–Crippen LogP) is 3.79. The van der Waals surface area contributed by atoms with Crippen molar-refractivity contribution in [2.75, 3.05) is 43.5 Å². The Balaban J connectivity index is 1.61. The minimum absolute atomic E-state index is 0.136. The van der Waals surface area contributed by atoms with Gasteiger partial charge >= 0.3 is 12.0 Å². The summed E-state index contributed by atoms with van der Waals surface area (Å²) in [4.78, 5) is 28.2. The van der Waals surface area contributed by atoms with Gasteiger partial charge in [-0.1, -0.05) is 23.7 Å². The number of amides is 2. The number of hydrogen-bond donors (Lipinski definition) is 1. The van der Waals surface area contributed by atoms with E-state index in [2.05, 4.69) is 10.2 Å². The van der Waals surface area contributed by atoms with Crippen LogP contribution in [0.4, 0.5) is 16.2 Å². The van der Waals surface area contributed by atoms with Crippen molar-refractivity contribution >= 4 is 35.0 Å². The Bertz CT molecular complexity index is 848. The minimum atomic E-state index is -0.355. The van der Waals surface area contributed by atoms with Gasteiger partial charge in [0.05, 0.1) is 12.7 Å². The quantitative estimate of drug-likeness (QED) is 0.814. The topological polar surface area (TPSA) is 61.9 Å². The number of methoxy groups -OCH3 is 1. The zero-order valence-electron chi connectivity index (χ0n) is 15.4. The Labute approximate surface area is 163 Å². The molecule has 0 atom stereocenters. The highest BCUT2D eigenvalue weighted by Crippen LogP contribution is 2.24. The molecule has 1 fully saturated rings. The van der Waals surface area contributed by atoms with E-state index in [-0.39, 0.29) is 12.0 Å². The van der Waals surface area contributed by atoms with Gasteiger partial charge in [0.15, 0.2) is 0 Å². The Kier molecular flexibility index (Phi) is 5.86. The monoisotopic (exact) mass is 387 g/mol. The number of nitrogens with zero attached hydrogens (tertiary/aromatic N) is 2. The lowest BCUT2D eigenvalue weighted by atomic mass is 10.1. The van der Waals surface area contributed by atoms with E-state index >= 15 is 0 Å². The largest absolute Gasteiger partial charge is 0.465 e. The summed E-state index contributed by atoms with van der Waals surface area (Å²) < 4.78 is 4.77. The van der Waals surface area contributed by atoms with Gasteiger partial charge in [0, 0.05) is 42.6 Å². The highest BCUT2D eigenvalue weighted by molar-refractivity contribution is 6.31. The summed E-state index contributed by atoms with van der Waals surface area (Å²) in [7, 11) is 1.37. The molecule has 0 bridgehead atoms. The van der Waals surface area contributed by atoms with Crippen LogP contribution in [0.5, 0.6) is 0 Å². The third-order valence-corrected chi connectivity index (χ3v) is 5.12. The number of benzene rings is 2. The first-order valence-corrected chi connectivity index (χ1v) is 9.12. The molecule has 1 N–H and O–H groups in total. The Morgan fingerprint density at radius 2 is 1.78 bits per heavy atom. The lowest BCUT2D eigenvalue weighted by Crippen LogP contribution is -2.50. The fraction of sp³-hybridized carbons (Fsp3) is 0.300. The summed E-state index contributed by atoms with van der Waals surface area (Å²) in [5, 5.41) is 3.56.